The van der Waals surface area contributed by atoms with Crippen molar-refractivity contribution in [1.82, 2.24) is 9.78 Å². The van der Waals surface area contributed by atoms with Crippen LogP contribution >= 0.6 is 11.6 Å². The van der Waals surface area contributed by atoms with Gasteiger partial charge >= 0.3 is 5.82 Å². The van der Waals surface area contributed by atoms with Gasteiger partial charge in [-0.2, -0.15) is 4.68 Å². The van der Waals surface area contributed by atoms with Crippen molar-refractivity contribution >= 4 is 29.0 Å². The first-order valence-electron chi connectivity index (χ1n) is 6.54. The molecule has 0 atom stereocenters. The Balaban J connectivity index is 2.17. The summed E-state index contributed by atoms with van der Waals surface area (Å²) >= 11 is 5.84. The second-order valence-electron chi connectivity index (χ2n) is 5.00. The van der Waals surface area contributed by atoms with Gasteiger partial charge in [-0.15, -0.1) is 0 Å². The van der Waals surface area contributed by atoms with Crippen LogP contribution in [0.2, 0.25) is 5.02 Å². The van der Waals surface area contributed by atoms with Crippen molar-refractivity contribution in [1.29, 1.82) is 0 Å². The summed E-state index contributed by atoms with van der Waals surface area (Å²) < 4.78 is 1.22. The highest BCUT2D eigenvalue weighted by Crippen LogP contribution is 2.26. The minimum absolute atomic E-state index is 0.0514. The number of benzene rings is 1. The highest BCUT2D eigenvalue weighted by atomic mass is 35.5. The molecule has 22 heavy (non-hydrogen) atoms. The molecule has 0 unspecified atom stereocenters. The maximum atomic E-state index is 12.1. The lowest BCUT2D eigenvalue weighted by molar-refractivity contribution is -0.389. The molecule has 0 fully saturated rings. The van der Waals surface area contributed by atoms with Gasteiger partial charge < -0.3 is 15.4 Å². The number of anilines is 1. The monoisotopic (exact) mass is 322 g/mol. The van der Waals surface area contributed by atoms with Crippen molar-refractivity contribution in [3.63, 3.8) is 0 Å². The average Bonchev–Trinajstić information content (AvgIpc) is 2.71. The maximum Gasteiger partial charge on any atom is 0.408 e. The highest BCUT2D eigenvalue weighted by molar-refractivity contribution is 6.33. The molecule has 116 valence electrons. The molecule has 8 heteroatoms. The molecule has 0 saturated heterocycles. The molecule has 0 radical (unpaired) electrons. The first-order chi connectivity index (χ1) is 10.3. The zero-order valence-corrected chi connectivity index (χ0v) is 13.1. The van der Waals surface area contributed by atoms with Gasteiger partial charge in [0.2, 0.25) is 5.91 Å². The van der Waals surface area contributed by atoms with Crippen molar-refractivity contribution in [2.45, 2.75) is 27.3 Å². The number of carbonyl (C=O) groups is 1. The third-order valence-corrected chi connectivity index (χ3v) is 3.69. The Labute approximate surface area is 132 Å². The Morgan fingerprint density at radius 3 is 2.68 bits per heavy atom. The predicted molar refractivity (Wildman–Crippen MR) is 83.2 cm³/mol. The third-order valence-electron chi connectivity index (χ3n) is 3.25. The van der Waals surface area contributed by atoms with Crippen LogP contribution < -0.4 is 5.32 Å². The molecule has 0 aliphatic carbocycles. The van der Waals surface area contributed by atoms with Gasteiger partial charge in [-0.25, -0.2) is 0 Å². The topological polar surface area (TPSA) is 90.1 Å². The number of halogens is 1. The Bertz CT molecular complexity index is 755. The number of hydrogen-bond donors (Lipinski definition) is 1. The summed E-state index contributed by atoms with van der Waals surface area (Å²) in [5.74, 6) is -0.774. The van der Waals surface area contributed by atoms with Crippen LogP contribution in [0, 0.1) is 30.9 Å². The van der Waals surface area contributed by atoms with E-state index in [1.165, 1.54) is 4.68 Å². The Morgan fingerprint density at radius 2 is 2.09 bits per heavy atom. The number of rotatable bonds is 4. The maximum absolute atomic E-state index is 12.1. The third kappa shape index (κ3) is 3.25. The molecule has 2 aromatic rings. The molecule has 0 aliphatic rings. The summed E-state index contributed by atoms with van der Waals surface area (Å²) in [4.78, 5) is 22.2. The van der Waals surface area contributed by atoms with Crippen molar-refractivity contribution in [3.8, 4) is 0 Å². The molecule has 1 aromatic carbocycles. The van der Waals surface area contributed by atoms with Gasteiger partial charge in [-0.3, -0.25) is 4.79 Å². The van der Waals surface area contributed by atoms with Gasteiger partial charge in [-0.1, -0.05) is 23.7 Å². The molecule has 7 nitrogen and oxygen atoms in total. The number of nitro groups is 1. The second-order valence-corrected chi connectivity index (χ2v) is 5.38. The Hall–Kier alpha value is -2.41. The fourth-order valence-electron chi connectivity index (χ4n) is 1.98. The molecule has 0 spiro atoms. The molecule has 0 aliphatic heterocycles. The minimum Gasteiger partial charge on any atom is -0.358 e. The lowest BCUT2D eigenvalue weighted by atomic mass is 10.1. The zero-order chi connectivity index (χ0) is 16.4. The first-order valence-corrected chi connectivity index (χ1v) is 6.91. The van der Waals surface area contributed by atoms with Gasteiger partial charge in [0.25, 0.3) is 0 Å². The van der Waals surface area contributed by atoms with E-state index in [2.05, 4.69) is 10.4 Å². The molecule has 1 aromatic heterocycles. The van der Waals surface area contributed by atoms with Crippen molar-refractivity contribution in [3.05, 3.63) is 50.2 Å². The van der Waals surface area contributed by atoms with Crippen LogP contribution in [0.5, 0.6) is 0 Å². The van der Waals surface area contributed by atoms with Crippen LogP contribution in [-0.4, -0.2) is 20.6 Å². The van der Waals surface area contributed by atoms with E-state index in [4.69, 9.17) is 11.6 Å². The fraction of sp³-hybridized carbons (Fsp3) is 0.286. The lowest BCUT2D eigenvalue weighted by Gasteiger charge is -2.09. The molecule has 1 heterocycles. The van der Waals surface area contributed by atoms with Crippen LogP contribution in [0.4, 0.5) is 11.5 Å². The number of carbonyl (C=O) groups excluding carboxylic acids is 1. The van der Waals surface area contributed by atoms with Crippen molar-refractivity contribution in [2.75, 3.05) is 5.32 Å². The largest absolute Gasteiger partial charge is 0.408 e. The van der Waals surface area contributed by atoms with Gasteiger partial charge in [0.1, 0.15) is 6.54 Å². The summed E-state index contributed by atoms with van der Waals surface area (Å²) in [5.41, 5.74) is 3.04. The van der Waals surface area contributed by atoms with E-state index in [0.29, 0.717) is 11.4 Å². The Kier molecular flexibility index (Phi) is 4.46. The van der Waals surface area contributed by atoms with Crippen LogP contribution in [-0.2, 0) is 11.3 Å². The highest BCUT2D eigenvalue weighted by Gasteiger charge is 2.25. The normalized spacial score (nSPS) is 10.5. The molecule has 1 amide bonds. The quantitative estimate of drug-likeness (QED) is 0.692. The average molecular weight is 323 g/mol. The van der Waals surface area contributed by atoms with Crippen molar-refractivity contribution in [2.24, 2.45) is 0 Å². The van der Waals surface area contributed by atoms with Crippen LogP contribution in [0.1, 0.15) is 16.8 Å². The SMILES string of the molecule is Cc1ccc(C)c(NC(=O)Cn2nc([N+](=O)[O-])c(Cl)c2C)c1. The number of hydrogen-bond acceptors (Lipinski definition) is 4. The summed E-state index contributed by atoms with van der Waals surface area (Å²) in [6.45, 7) is 5.24. The molecular formula is C14H15ClN4O3. The van der Waals surface area contributed by atoms with E-state index in [0.717, 1.165) is 11.1 Å². The predicted octanol–water partition coefficient (Wildman–Crippen LogP) is 3.01. The molecule has 0 saturated carbocycles. The van der Waals surface area contributed by atoms with E-state index < -0.39 is 10.7 Å². The summed E-state index contributed by atoms with van der Waals surface area (Å²) in [7, 11) is 0. The van der Waals surface area contributed by atoms with E-state index in [-0.39, 0.29) is 17.5 Å². The second kappa shape index (κ2) is 6.15. The first kappa shape index (κ1) is 16.0. The molecule has 2 rings (SSSR count). The number of nitrogens with one attached hydrogen (secondary N) is 1. The molecular weight excluding hydrogens is 308 g/mol. The summed E-state index contributed by atoms with van der Waals surface area (Å²) in [6.07, 6.45) is 0. The summed E-state index contributed by atoms with van der Waals surface area (Å²) in [6, 6.07) is 5.72. The van der Waals surface area contributed by atoms with Gasteiger partial charge in [-0.05, 0) is 42.9 Å². The fourth-order valence-corrected chi connectivity index (χ4v) is 2.18. The van der Waals surface area contributed by atoms with E-state index >= 15 is 0 Å². The number of aromatic nitrogens is 2. The lowest BCUT2D eigenvalue weighted by Crippen LogP contribution is -2.20. The zero-order valence-electron chi connectivity index (χ0n) is 12.4. The number of aryl methyl sites for hydroxylation is 2. The van der Waals surface area contributed by atoms with Gasteiger partial charge in [0.05, 0.1) is 10.8 Å². The van der Waals surface area contributed by atoms with Crippen LogP contribution in [0.3, 0.4) is 0 Å². The number of amides is 1. The Morgan fingerprint density at radius 1 is 1.41 bits per heavy atom. The smallest absolute Gasteiger partial charge is 0.358 e. The van der Waals surface area contributed by atoms with E-state index in [9.17, 15) is 14.9 Å². The number of nitrogens with zero attached hydrogens (tertiary/aromatic N) is 3. The summed E-state index contributed by atoms with van der Waals surface area (Å²) in [5, 5.41) is 17.3. The van der Waals surface area contributed by atoms with Crippen molar-refractivity contribution < 1.29 is 9.72 Å². The standard InChI is InChI=1S/C14H15ClN4O3/c1-8-4-5-9(2)11(6-8)16-12(20)7-18-10(3)13(15)14(17-18)19(21)22/h4-6H,7H2,1-3H3,(H,16,20). The van der Waals surface area contributed by atoms with Crippen LogP contribution in [0.15, 0.2) is 18.2 Å². The molecule has 0 bridgehead atoms. The van der Waals surface area contributed by atoms with Gasteiger partial charge in [0.15, 0.2) is 5.02 Å². The van der Waals surface area contributed by atoms with Gasteiger partial charge in [0, 0.05) is 5.69 Å². The molecule has 1 N–H and O–H groups in total. The minimum atomic E-state index is -0.672. The van der Waals surface area contributed by atoms with E-state index in [1.807, 2.05) is 32.0 Å². The van der Waals surface area contributed by atoms with Crippen LogP contribution in [0.25, 0.3) is 0 Å². The van der Waals surface area contributed by atoms with E-state index in [1.54, 1.807) is 6.92 Å².